The average Bonchev–Trinajstić information content (AvgIpc) is 3.19. The van der Waals surface area contributed by atoms with Crippen LogP contribution in [0, 0.1) is 0 Å². The van der Waals surface area contributed by atoms with E-state index in [-0.39, 0.29) is 18.4 Å². The SMILES string of the molecule is CCCCCCCCCCCCCCCCCC(=O)N(CCCCCCCCCCCCCC)[C@@]1(NC(=O)c2ccccc2C[C@@H](C)N)C[C@@H](O)[C@H](O)[C@@H](CO)O1. The largest absolute Gasteiger partial charge is 0.394 e. The zero-order valence-corrected chi connectivity index (χ0v) is 36.8. The number of nitrogens with zero attached hydrogens (tertiary/aromatic N) is 1. The number of unbranched alkanes of at least 4 members (excludes halogenated alkanes) is 25. The molecule has 0 aromatic heterocycles. The molecule has 0 spiro atoms. The first-order valence-corrected chi connectivity index (χ1v) is 23.8. The molecule has 2 rings (SSSR count). The molecule has 0 aliphatic carbocycles. The van der Waals surface area contributed by atoms with Crippen molar-refractivity contribution in [3.8, 4) is 0 Å². The number of rotatable bonds is 35. The summed E-state index contributed by atoms with van der Waals surface area (Å²) in [7, 11) is 0. The van der Waals surface area contributed by atoms with Gasteiger partial charge in [0.1, 0.15) is 12.2 Å². The summed E-state index contributed by atoms with van der Waals surface area (Å²) in [5, 5.41) is 35.2. The fourth-order valence-corrected chi connectivity index (χ4v) is 8.40. The van der Waals surface area contributed by atoms with Crippen molar-refractivity contribution in [1.82, 2.24) is 10.2 Å². The van der Waals surface area contributed by atoms with Gasteiger partial charge in [-0.15, -0.1) is 0 Å². The molecule has 1 saturated heterocycles. The summed E-state index contributed by atoms with van der Waals surface area (Å²) in [6, 6.07) is 7.08. The number of amides is 2. The molecule has 2 amide bonds. The second-order valence-corrected chi connectivity index (χ2v) is 17.3. The van der Waals surface area contributed by atoms with Crippen LogP contribution in [0.2, 0.25) is 0 Å². The van der Waals surface area contributed by atoms with E-state index in [2.05, 4.69) is 19.2 Å². The number of ether oxygens (including phenoxy) is 1. The van der Waals surface area contributed by atoms with Crippen molar-refractivity contribution >= 4 is 11.8 Å². The highest BCUT2D eigenvalue weighted by Gasteiger charge is 2.52. The fourth-order valence-electron chi connectivity index (χ4n) is 8.40. The minimum atomic E-state index is -1.74. The zero-order valence-electron chi connectivity index (χ0n) is 36.8. The van der Waals surface area contributed by atoms with Crippen LogP contribution in [0.15, 0.2) is 24.3 Å². The molecule has 9 heteroatoms. The predicted molar refractivity (Wildman–Crippen MR) is 235 cm³/mol. The van der Waals surface area contributed by atoms with Crippen molar-refractivity contribution in [2.75, 3.05) is 13.2 Å². The Labute approximate surface area is 348 Å². The van der Waals surface area contributed by atoms with Crippen molar-refractivity contribution in [3.63, 3.8) is 0 Å². The van der Waals surface area contributed by atoms with Gasteiger partial charge < -0.3 is 31.1 Å². The fraction of sp³-hybridized carbons (Fsp3) is 0.833. The normalized spacial score (nSPS) is 20.1. The lowest BCUT2D eigenvalue weighted by atomic mass is 9.95. The number of nitrogens with one attached hydrogen (secondary N) is 1. The van der Waals surface area contributed by atoms with Gasteiger partial charge in [0.15, 0.2) is 0 Å². The number of nitrogens with two attached hydrogens (primary N) is 1. The molecule has 5 atom stereocenters. The number of carbonyl (C=O) groups is 2. The summed E-state index contributed by atoms with van der Waals surface area (Å²) >= 11 is 0. The van der Waals surface area contributed by atoms with E-state index < -0.39 is 36.7 Å². The molecule has 1 heterocycles. The quantitative estimate of drug-likeness (QED) is 0.0339. The van der Waals surface area contributed by atoms with Gasteiger partial charge in [0.2, 0.25) is 11.8 Å². The smallest absolute Gasteiger partial charge is 0.255 e. The lowest BCUT2D eigenvalue weighted by Crippen LogP contribution is -2.71. The Morgan fingerprint density at radius 1 is 0.737 bits per heavy atom. The summed E-state index contributed by atoms with van der Waals surface area (Å²) in [5.74, 6) is -2.35. The molecule has 57 heavy (non-hydrogen) atoms. The summed E-state index contributed by atoms with van der Waals surface area (Å²) in [4.78, 5) is 30.0. The van der Waals surface area contributed by atoms with Crippen LogP contribution >= 0.6 is 0 Å². The third-order valence-electron chi connectivity index (χ3n) is 11.9. The highest BCUT2D eigenvalue weighted by molar-refractivity contribution is 5.96. The lowest BCUT2D eigenvalue weighted by Gasteiger charge is -2.50. The van der Waals surface area contributed by atoms with Crippen molar-refractivity contribution in [2.24, 2.45) is 5.73 Å². The van der Waals surface area contributed by atoms with E-state index in [4.69, 9.17) is 10.5 Å². The van der Waals surface area contributed by atoms with Crippen LogP contribution in [0.25, 0.3) is 0 Å². The van der Waals surface area contributed by atoms with Crippen molar-refractivity contribution in [1.29, 1.82) is 0 Å². The second-order valence-electron chi connectivity index (χ2n) is 17.3. The maximum absolute atomic E-state index is 14.3. The number of aliphatic hydroxyl groups excluding tert-OH is 3. The molecule has 1 aliphatic rings. The molecular formula is C48H87N3O6. The summed E-state index contributed by atoms with van der Waals surface area (Å²) < 4.78 is 6.38. The van der Waals surface area contributed by atoms with Gasteiger partial charge in [-0.2, -0.15) is 0 Å². The summed E-state index contributed by atoms with van der Waals surface area (Å²) in [5.41, 5.74) is 7.31. The standard InChI is InChI=1S/C48H87N3O6/c1-4-6-8-10-12-14-16-18-19-20-21-23-25-27-29-35-45(54)51(36-32-28-26-24-22-17-15-13-11-9-7-5-2)48(38-43(53)46(55)44(39-52)57-48)50-47(56)42-34-31-30-33-41(42)37-40(3)49/h30-31,33-34,40,43-44,46,52-53,55H,4-29,32,35-39,49H2,1-3H3,(H,50,56)/t40-,43-,44-,46+,48+/m1/s1. The van der Waals surface area contributed by atoms with Crippen molar-refractivity contribution in [2.45, 2.75) is 244 Å². The summed E-state index contributed by atoms with van der Waals surface area (Å²) in [6.07, 6.45) is 29.5. The maximum atomic E-state index is 14.3. The third-order valence-corrected chi connectivity index (χ3v) is 11.9. The van der Waals surface area contributed by atoms with Crippen LogP contribution in [-0.4, -0.2) is 75.4 Å². The van der Waals surface area contributed by atoms with Crippen LogP contribution in [0.3, 0.4) is 0 Å². The van der Waals surface area contributed by atoms with E-state index in [0.717, 1.165) is 44.1 Å². The molecule has 0 unspecified atom stereocenters. The Morgan fingerprint density at radius 3 is 1.63 bits per heavy atom. The molecule has 6 N–H and O–H groups in total. The Balaban J connectivity index is 2.05. The minimum absolute atomic E-state index is 0.155. The maximum Gasteiger partial charge on any atom is 0.255 e. The van der Waals surface area contributed by atoms with Gasteiger partial charge in [0.25, 0.3) is 5.91 Å². The van der Waals surface area contributed by atoms with Crippen LogP contribution < -0.4 is 11.1 Å². The molecule has 1 aromatic rings. The van der Waals surface area contributed by atoms with Gasteiger partial charge in [-0.05, 0) is 37.8 Å². The molecule has 330 valence electrons. The number of carbonyl (C=O) groups excluding carboxylic acids is 2. The number of aliphatic hydroxyl groups is 3. The second kappa shape index (κ2) is 31.8. The topological polar surface area (TPSA) is 145 Å². The minimum Gasteiger partial charge on any atom is -0.394 e. The van der Waals surface area contributed by atoms with E-state index in [1.54, 1.807) is 17.0 Å². The molecule has 0 radical (unpaired) electrons. The van der Waals surface area contributed by atoms with Gasteiger partial charge in [-0.1, -0.05) is 193 Å². The van der Waals surface area contributed by atoms with Crippen LogP contribution in [0.1, 0.15) is 223 Å². The van der Waals surface area contributed by atoms with Crippen LogP contribution in [-0.2, 0) is 16.0 Å². The van der Waals surface area contributed by atoms with Crippen LogP contribution in [0.4, 0.5) is 0 Å². The zero-order chi connectivity index (χ0) is 41.6. The molecule has 1 fully saturated rings. The van der Waals surface area contributed by atoms with Gasteiger partial charge in [0, 0.05) is 31.0 Å². The average molecular weight is 802 g/mol. The summed E-state index contributed by atoms with van der Waals surface area (Å²) in [6.45, 7) is 6.16. The monoisotopic (exact) mass is 802 g/mol. The van der Waals surface area contributed by atoms with E-state index in [1.807, 2.05) is 19.1 Å². The third kappa shape index (κ3) is 21.2. The Morgan fingerprint density at radius 2 is 1.18 bits per heavy atom. The Bertz CT molecular complexity index is 1170. The van der Waals surface area contributed by atoms with E-state index in [9.17, 15) is 24.9 Å². The highest BCUT2D eigenvalue weighted by atomic mass is 16.6. The van der Waals surface area contributed by atoms with E-state index >= 15 is 0 Å². The highest BCUT2D eigenvalue weighted by Crippen LogP contribution is 2.33. The molecule has 9 nitrogen and oxygen atoms in total. The Kier molecular flexibility index (Phi) is 28.5. The van der Waals surface area contributed by atoms with Gasteiger partial charge >= 0.3 is 0 Å². The lowest BCUT2D eigenvalue weighted by molar-refractivity contribution is -0.278. The number of benzene rings is 1. The van der Waals surface area contributed by atoms with Crippen molar-refractivity contribution in [3.05, 3.63) is 35.4 Å². The molecule has 0 bridgehead atoms. The number of hydrogen-bond donors (Lipinski definition) is 5. The van der Waals surface area contributed by atoms with Gasteiger partial charge in [-0.25, -0.2) is 0 Å². The van der Waals surface area contributed by atoms with E-state index in [1.165, 1.54) is 128 Å². The molecule has 1 aliphatic heterocycles. The number of hydrogen-bond acceptors (Lipinski definition) is 7. The van der Waals surface area contributed by atoms with Gasteiger partial charge in [-0.3, -0.25) is 14.5 Å². The first-order valence-electron chi connectivity index (χ1n) is 23.8. The first kappa shape index (κ1) is 51.1. The molecular weight excluding hydrogens is 715 g/mol. The van der Waals surface area contributed by atoms with Crippen molar-refractivity contribution < 1.29 is 29.6 Å². The van der Waals surface area contributed by atoms with Gasteiger partial charge in [0.05, 0.1) is 12.7 Å². The molecule has 1 aromatic carbocycles. The van der Waals surface area contributed by atoms with Crippen LogP contribution in [0.5, 0.6) is 0 Å². The Hall–Kier alpha value is -2.04. The first-order chi connectivity index (χ1) is 27.7. The molecule has 0 saturated carbocycles. The predicted octanol–water partition coefficient (Wildman–Crippen LogP) is 10.3. The van der Waals surface area contributed by atoms with E-state index in [0.29, 0.717) is 31.4 Å².